The normalized spacial score (nSPS) is 34.6. The highest BCUT2D eigenvalue weighted by atomic mass is 16.6. The van der Waals surface area contributed by atoms with Crippen molar-refractivity contribution in [3.05, 3.63) is 17.8 Å². The van der Waals surface area contributed by atoms with Gasteiger partial charge in [0.1, 0.15) is 11.9 Å². The number of ether oxygens (including phenoxy) is 2. The number of aromatic nitrogens is 4. The molecule has 30 heavy (non-hydrogen) atoms. The topological polar surface area (TPSA) is 117 Å². The fraction of sp³-hybridized carbons (Fsp3) is 0.667. The molecular weight excluding hydrogens is 384 g/mol. The van der Waals surface area contributed by atoms with Gasteiger partial charge in [-0.3, -0.25) is 5.10 Å². The van der Waals surface area contributed by atoms with Crippen LogP contribution in [-0.2, 0) is 4.74 Å². The molecule has 9 nitrogen and oxygen atoms in total. The lowest BCUT2D eigenvalue weighted by atomic mass is 9.52. The van der Waals surface area contributed by atoms with E-state index >= 15 is 0 Å². The van der Waals surface area contributed by atoms with E-state index in [9.17, 15) is 5.11 Å². The first-order chi connectivity index (χ1) is 14.5. The van der Waals surface area contributed by atoms with Crippen LogP contribution in [0.4, 0.5) is 17.6 Å². The van der Waals surface area contributed by atoms with Crippen molar-refractivity contribution in [1.82, 2.24) is 20.2 Å². The van der Waals surface area contributed by atoms with E-state index in [0.717, 1.165) is 25.0 Å². The monoisotopic (exact) mass is 412 g/mol. The number of hydrogen-bond acceptors (Lipinski definition) is 8. The molecule has 0 radical (unpaired) electrons. The van der Waals surface area contributed by atoms with Gasteiger partial charge in [0.05, 0.1) is 18.8 Å². The van der Waals surface area contributed by atoms with Crippen LogP contribution >= 0.6 is 0 Å². The number of nitrogens with zero attached hydrogens (tertiary/aromatic N) is 3. The van der Waals surface area contributed by atoms with Crippen molar-refractivity contribution in [2.24, 2.45) is 17.8 Å². The number of aryl methyl sites for hydroxylation is 1. The lowest BCUT2D eigenvalue weighted by Gasteiger charge is -2.58. The zero-order valence-corrected chi connectivity index (χ0v) is 17.1. The van der Waals surface area contributed by atoms with Gasteiger partial charge in [-0.2, -0.15) is 15.1 Å². The number of aromatic amines is 1. The Hall–Kier alpha value is -2.39. The maximum absolute atomic E-state index is 10.9. The molecule has 0 amide bonds. The lowest BCUT2D eigenvalue weighted by Crippen LogP contribution is -2.59. The maximum Gasteiger partial charge on any atom is 0.228 e. The molecule has 5 fully saturated rings. The van der Waals surface area contributed by atoms with Crippen molar-refractivity contribution in [1.29, 1.82) is 0 Å². The second-order valence-electron chi connectivity index (χ2n) is 9.62. The molecule has 1 aliphatic heterocycles. The Balaban J connectivity index is 1.25. The van der Waals surface area contributed by atoms with Crippen LogP contribution in [0.25, 0.3) is 0 Å². The molecule has 2 unspecified atom stereocenters. The Labute approximate surface area is 175 Å². The van der Waals surface area contributed by atoms with Crippen molar-refractivity contribution in [2.45, 2.75) is 56.8 Å². The van der Waals surface area contributed by atoms with E-state index in [4.69, 9.17) is 14.5 Å². The van der Waals surface area contributed by atoms with E-state index in [1.54, 1.807) is 6.07 Å². The van der Waals surface area contributed by atoms with E-state index in [1.165, 1.54) is 12.8 Å². The lowest BCUT2D eigenvalue weighted by molar-refractivity contribution is -0.129. The van der Waals surface area contributed by atoms with Crippen LogP contribution in [0.3, 0.4) is 0 Å². The number of aliphatic hydroxyl groups is 1. The highest BCUT2D eigenvalue weighted by molar-refractivity contribution is 5.55. The summed E-state index contributed by atoms with van der Waals surface area (Å²) in [6.07, 6.45) is 5.14. The summed E-state index contributed by atoms with van der Waals surface area (Å²) in [7, 11) is 0. The molecule has 4 bridgehead atoms. The first-order valence-corrected chi connectivity index (χ1v) is 10.9. The van der Waals surface area contributed by atoms with Crippen molar-refractivity contribution in [3.8, 4) is 5.88 Å². The molecule has 160 valence electrons. The standard InChI is InChI=1S/C21H28N6O3/c1-11-2-17(27-26-11)22-16-5-18(30-15-9-29-10-15)24-20(23-16)25-19-13-3-12-4-14(19)8-21(28,6-12)7-13/h2,5,12-15,19,28H,3-4,6-10H2,1H3,(H3,22,23,24,25,26,27). The molecule has 0 spiro atoms. The summed E-state index contributed by atoms with van der Waals surface area (Å²) in [5.74, 6) is 4.04. The Kier molecular flexibility index (Phi) is 4.18. The van der Waals surface area contributed by atoms with Crippen LogP contribution in [0.1, 0.15) is 37.8 Å². The van der Waals surface area contributed by atoms with Crippen LogP contribution in [-0.4, -0.2) is 56.2 Å². The largest absolute Gasteiger partial charge is 0.469 e. The first kappa shape index (κ1) is 18.4. The molecule has 7 rings (SSSR count). The van der Waals surface area contributed by atoms with E-state index in [2.05, 4.69) is 25.8 Å². The van der Waals surface area contributed by atoms with Gasteiger partial charge < -0.3 is 25.2 Å². The number of anilines is 3. The molecule has 3 heterocycles. The van der Waals surface area contributed by atoms with Gasteiger partial charge in [-0.25, -0.2) is 0 Å². The van der Waals surface area contributed by atoms with Crippen molar-refractivity contribution < 1.29 is 14.6 Å². The van der Waals surface area contributed by atoms with Crippen molar-refractivity contribution in [3.63, 3.8) is 0 Å². The van der Waals surface area contributed by atoms with Crippen molar-refractivity contribution in [2.75, 3.05) is 23.8 Å². The van der Waals surface area contributed by atoms with Gasteiger partial charge in [-0.15, -0.1) is 0 Å². The minimum atomic E-state index is -0.449. The minimum Gasteiger partial charge on any atom is -0.469 e. The van der Waals surface area contributed by atoms with E-state index in [0.29, 0.717) is 60.5 Å². The molecule has 4 aliphatic carbocycles. The molecule has 9 heteroatoms. The van der Waals surface area contributed by atoms with Crippen LogP contribution in [0.2, 0.25) is 0 Å². The third-order valence-corrected chi connectivity index (χ3v) is 7.10. The van der Waals surface area contributed by atoms with Gasteiger partial charge in [0.25, 0.3) is 0 Å². The number of hydrogen-bond donors (Lipinski definition) is 4. The quantitative estimate of drug-likeness (QED) is 0.571. The van der Waals surface area contributed by atoms with Crippen LogP contribution in [0.5, 0.6) is 5.88 Å². The van der Waals surface area contributed by atoms with Crippen LogP contribution < -0.4 is 15.4 Å². The third kappa shape index (κ3) is 3.39. The Morgan fingerprint density at radius 1 is 1.13 bits per heavy atom. The third-order valence-electron chi connectivity index (χ3n) is 7.10. The Morgan fingerprint density at radius 2 is 1.93 bits per heavy atom. The summed E-state index contributed by atoms with van der Waals surface area (Å²) in [5, 5.41) is 24.9. The highest BCUT2D eigenvalue weighted by Gasteiger charge is 2.54. The highest BCUT2D eigenvalue weighted by Crippen LogP contribution is 2.56. The smallest absolute Gasteiger partial charge is 0.228 e. The minimum absolute atomic E-state index is 0.0312. The van der Waals surface area contributed by atoms with Gasteiger partial charge in [0, 0.05) is 23.9 Å². The molecule has 4 N–H and O–H groups in total. The van der Waals surface area contributed by atoms with E-state index < -0.39 is 5.60 Å². The summed E-state index contributed by atoms with van der Waals surface area (Å²) in [6.45, 7) is 3.12. The molecule has 2 atom stereocenters. The molecule has 0 aromatic carbocycles. The zero-order chi connectivity index (χ0) is 20.3. The Bertz CT molecular complexity index is 929. The summed E-state index contributed by atoms with van der Waals surface area (Å²) < 4.78 is 11.2. The van der Waals surface area contributed by atoms with E-state index in [-0.39, 0.29) is 6.10 Å². The fourth-order valence-corrected chi connectivity index (χ4v) is 6.05. The second kappa shape index (κ2) is 6.81. The number of nitrogens with one attached hydrogen (secondary N) is 3. The zero-order valence-electron chi connectivity index (χ0n) is 17.1. The molecular formula is C21H28N6O3. The summed E-state index contributed by atoms with van der Waals surface area (Å²) in [5.41, 5.74) is 0.523. The number of rotatable bonds is 6. The summed E-state index contributed by atoms with van der Waals surface area (Å²) >= 11 is 0. The van der Waals surface area contributed by atoms with E-state index in [1.807, 2.05) is 13.0 Å². The molecule has 2 aromatic heterocycles. The average molecular weight is 412 g/mol. The van der Waals surface area contributed by atoms with Crippen molar-refractivity contribution >= 4 is 17.6 Å². The predicted molar refractivity (Wildman–Crippen MR) is 110 cm³/mol. The maximum atomic E-state index is 10.9. The molecule has 5 aliphatic rings. The van der Waals surface area contributed by atoms with Gasteiger partial charge in [0.15, 0.2) is 5.82 Å². The van der Waals surface area contributed by atoms with Gasteiger partial charge in [0.2, 0.25) is 11.8 Å². The van der Waals surface area contributed by atoms with Crippen LogP contribution in [0.15, 0.2) is 12.1 Å². The summed E-state index contributed by atoms with van der Waals surface area (Å²) in [6, 6.07) is 4.02. The van der Waals surface area contributed by atoms with Gasteiger partial charge in [-0.05, 0) is 56.8 Å². The first-order valence-electron chi connectivity index (χ1n) is 10.9. The molecule has 1 saturated heterocycles. The van der Waals surface area contributed by atoms with Gasteiger partial charge >= 0.3 is 0 Å². The van der Waals surface area contributed by atoms with Crippen LogP contribution in [0, 0.1) is 24.7 Å². The SMILES string of the molecule is Cc1cc(Nc2cc(OC3COC3)nc(NC3C4CC5CC3CC(O)(C5)C4)n2)n[nH]1. The Morgan fingerprint density at radius 3 is 2.57 bits per heavy atom. The second-order valence-corrected chi connectivity index (χ2v) is 9.62. The fourth-order valence-electron chi connectivity index (χ4n) is 6.05. The predicted octanol–water partition coefficient (Wildman–Crippen LogP) is 2.38. The molecule has 2 aromatic rings. The number of H-pyrrole nitrogens is 1. The summed E-state index contributed by atoms with van der Waals surface area (Å²) in [4.78, 5) is 9.34. The average Bonchev–Trinajstić information content (AvgIpc) is 3.04. The molecule has 4 saturated carbocycles. The van der Waals surface area contributed by atoms with Gasteiger partial charge in [-0.1, -0.05) is 0 Å².